The second kappa shape index (κ2) is 8.24. The largest absolute Gasteiger partial charge is 0.477 e. The van der Waals surface area contributed by atoms with E-state index in [-0.39, 0.29) is 18.1 Å². The third kappa shape index (κ3) is 3.92. The number of nitrogens with one attached hydrogen (secondary N) is 1. The molecule has 8 nitrogen and oxygen atoms in total. The van der Waals surface area contributed by atoms with Crippen LogP contribution in [-0.2, 0) is 29.9 Å². The first kappa shape index (κ1) is 19.6. The number of thioether (sulfide) groups is 1. The van der Waals surface area contributed by atoms with E-state index in [0.29, 0.717) is 16.2 Å². The van der Waals surface area contributed by atoms with Crippen molar-refractivity contribution < 1.29 is 28.4 Å². The Labute approximate surface area is 162 Å². The summed E-state index contributed by atoms with van der Waals surface area (Å²) in [6.07, 6.45) is 0. The van der Waals surface area contributed by atoms with Gasteiger partial charge >= 0.3 is 5.97 Å². The molecule has 2 aliphatic rings. The number of hydrogen-bond donors (Lipinski definition) is 2. The number of amides is 2. The number of ether oxygens (including phenoxy) is 1. The second-order valence-corrected chi connectivity index (χ2v) is 8.50. The van der Waals surface area contributed by atoms with E-state index >= 15 is 0 Å². The van der Waals surface area contributed by atoms with Crippen molar-refractivity contribution in [2.24, 2.45) is 0 Å². The first-order chi connectivity index (χ1) is 12.9. The molecule has 0 aliphatic carbocycles. The molecular formula is C17H18N2O6S2. The molecule has 3 atom stereocenters. The normalized spacial score (nSPS) is 22.7. The highest BCUT2D eigenvalue weighted by molar-refractivity contribution is 8.00. The van der Waals surface area contributed by atoms with Crippen LogP contribution in [-0.4, -0.2) is 68.6 Å². The van der Waals surface area contributed by atoms with Gasteiger partial charge in [-0.1, -0.05) is 18.2 Å². The molecule has 144 valence electrons. The molecule has 2 aliphatic heterocycles. The minimum absolute atomic E-state index is 0.0797. The zero-order chi connectivity index (χ0) is 19.6. The number of carboxylic acid groups (broad SMARTS) is 1. The monoisotopic (exact) mass is 410 g/mol. The fourth-order valence-corrected chi connectivity index (χ4v) is 5.23. The zero-order valence-electron chi connectivity index (χ0n) is 14.4. The summed E-state index contributed by atoms with van der Waals surface area (Å²) in [6.45, 7) is 0.123. The highest BCUT2D eigenvalue weighted by Gasteiger charge is 2.54. The number of fused-ring (bicyclic) bond motifs is 1. The van der Waals surface area contributed by atoms with Crippen molar-refractivity contribution in [1.29, 1.82) is 0 Å². The van der Waals surface area contributed by atoms with Crippen LogP contribution < -0.4 is 5.32 Å². The highest BCUT2D eigenvalue weighted by atomic mass is 32.2. The van der Waals surface area contributed by atoms with E-state index in [1.54, 1.807) is 30.3 Å². The number of methoxy groups -OCH3 is 1. The molecule has 0 spiro atoms. The Hall–Kier alpha value is -2.17. The van der Waals surface area contributed by atoms with Gasteiger partial charge in [0.1, 0.15) is 22.9 Å². The van der Waals surface area contributed by atoms with Crippen molar-refractivity contribution in [2.45, 2.75) is 16.3 Å². The maximum atomic E-state index is 12.4. The number of aliphatic carboxylic acids is 1. The lowest BCUT2D eigenvalue weighted by molar-refractivity contribution is -0.150. The third-order valence-corrected chi connectivity index (χ3v) is 6.82. The average Bonchev–Trinajstić information content (AvgIpc) is 2.66. The molecule has 0 radical (unpaired) electrons. The van der Waals surface area contributed by atoms with Gasteiger partial charge in [0.25, 0.3) is 5.91 Å². The number of hydrogen-bond acceptors (Lipinski definition) is 6. The molecule has 1 aromatic rings. The van der Waals surface area contributed by atoms with E-state index in [2.05, 4.69) is 5.32 Å². The number of carboxylic acids is 1. The van der Waals surface area contributed by atoms with Crippen LogP contribution in [0, 0.1) is 0 Å². The Bertz CT molecular complexity index is 826. The van der Waals surface area contributed by atoms with Crippen LogP contribution in [0.3, 0.4) is 0 Å². The quantitative estimate of drug-likeness (QED) is 0.617. The van der Waals surface area contributed by atoms with E-state index < -0.39 is 40.0 Å². The van der Waals surface area contributed by atoms with E-state index in [9.17, 15) is 23.7 Å². The van der Waals surface area contributed by atoms with Crippen molar-refractivity contribution in [2.75, 3.05) is 25.2 Å². The summed E-state index contributed by atoms with van der Waals surface area (Å²) >= 11 is 1.36. The summed E-state index contributed by atoms with van der Waals surface area (Å²) in [6, 6.07) is 7.75. The molecule has 10 heteroatoms. The van der Waals surface area contributed by atoms with Crippen molar-refractivity contribution in [3.63, 3.8) is 0 Å². The summed E-state index contributed by atoms with van der Waals surface area (Å²) in [7, 11) is -0.0599. The summed E-state index contributed by atoms with van der Waals surface area (Å²) in [4.78, 5) is 37.9. The molecule has 1 fully saturated rings. The van der Waals surface area contributed by atoms with Gasteiger partial charge in [-0.05, 0) is 17.7 Å². The second-order valence-electron chi connectivity index (χ2n) is 5.95. The Morgan fingerprint density at radius 3 is 2.70 bits per heavy atom. The molecule has 2 heterocycles. The molecule has 0 aromatic heterocycles. The summed E-state index contributed by atoms with van der Waals surface area (Å²) in [5, 5.41) is 11.5. The predicted octanol–water partition coefficient (Wildman–Crippen LogP) is 0.179. The van der Waals surface area contributed by atoms with E-state index in [1.165, 1.54) is 23.8 Å². The van der Waals surface area contributed by atoms with Crippen molar-refractivity contribution in [3.8, 4) is 0 Å². The van der Waals surface area contributed by atoms with Crippen LogP contribution in [0.1, 0.15) is 0 Å². The highest BCUT2D eigenvalue weighted by Crippen LogP contribution is 2.40. The fourth-order valence-electron chi connectivity index (χ4n) is 2.96. The molecule has 0 saturated carbocycles. The number of β-lactam (4-membered cyclic amide) rings is 1. The topological polar surface area (TPSA) is 113 Å². The minimum atomic E-state index is -1.52. The number of carbonyl (C=O) groups is 3. The van der Waals surface area contributed by atoms with E-state index in [1.807, 2.05) is 0 Å². The summed E-state index contributed by atoms with van der Waals surface area (Å²) in [5.74, 6) is -2.07. The van der Waals surface area contributed by atoms with E-state index in [4.69, 9.17) is 4.74 Å². The smallest absolute Gasteiger partial charge is 0.352 e. The van der Waals surface area contributed by atoms with Crippen LogP contribution in [0.2, 0.25) is 0 Å². The van der Waals surface area contributed by atoms with Gasteiger partial charge in [0.15, 0.2) is 0 Å². The molecular weight excluding hydrogens is 392 g/mol. The third-order valence-electron chi connectivity index (χ3n) is 4.15. The van der Waals surface area contributed by atoms with Gasteiger partial charge in [-0.3, -0.25) is 18.7 Å². The van der Waals surface area contributed by atoms with Crippen LogP contribution in [0.25, 0.3) is 0 Å². The van der Waals surface area contributed by atoms with Crippen molar-refractivity contribution in [1.82, 2.24) is 10.2 Å². The standard InChI is InChI=1S/C17H18N2O6S2/c1-25-7-10-8-26-16-13(15(21)19(16)14(10)17(22)23)18-12(20)9-27(24)11-5-3-2-4-6-11/h2-6,13,16H,7-9H2,1H3,(H,18,20)(H,22,23)/t13?,16-,27?/m1/s1. The molecule has 1 saturated heterocycles. The van der Waals surface area contributed by atoms with Gasteiger partial charge in [-0.25, -0.2) is 4.79 Å². The Kier molecular flexibility index (Phi) is 5.98. The molecule has 3 rings (SSSR count). The van der Waals surface area contributed by atoms with Crippen LogP contribution in [0.15, 0.2) is 46.5 Å². The number of carbonyl (C=O) groups excluding carboxylic acids is 2. The van der Waals surface area contributed by atoms with Crippen molar-refractivity contribution in [3.05, 3.63) is 41.6 Å². The van der Waals surface area contributed by atoms with Crippen LogP contribution in [0.5, 0.6) is 0 Å². The zero-order valence-corrected chi connectivity index (χ0v) is 16.0. The number of benzene rings is 1. The van der Waals surface area contributed by atoms with Gasteiger partial charge in [-0.15, -0.1) is 11.8 Å². The number of nitrogens with zero attached hydrogens (tertiary/aromatic N) is 1. The predicted molar refractivity (Wildman–Crippen MR) is 99.3 cm³/mol. The van der Waals surface area contributed by atoms with Gasteiger partial charge in [0, 0.05) is 17.8 Å². The molecule has 1 aromatic carbocycles. The lowest BCUT2D eigenvalue weighted by atomic mass is 10.0. The maximum Gasteiger partial charge on any atom is 0.352 e. The average molecular weight is 410 g/mol. The lowest BCUT2D eigenvalue weighted by Crippen LogP contribution is -2.70. The van der Waals surface area contributed by atoms with Gasteiger partial charge in [0.2, 0.25) is 5.91 Å². The number of rotatable bonds is 7. The van der Waals surface area contributed by atoms with Gasteiger partial charge in [0.05, 0.1) is 17.4 Å². The molecule has 2 N–H and O–H groups in total. The van der Waals surface area contributed by atoms with Gasteiger partial charge in [-0.2, -0.15) is 0 Å². The first-order valence-corrected chi connectivity index (χ1v) is 10.4. The summed E-state index contributed by atoms with van der Waals surface area (Å²) < 4.78 is 17.2. The van der Waals surface area contributed by atoms with E-state index in [0.717, 1.165) is 0 Å². The Morgan fingerprint density at radius 1 is 1.37 bits per heavy atom. The molecule has 2 unspecified atom stereocenters. The maximum absolute atomic E-state index is 12.4. The first-order valence-electron chi connectivity index (χ1n) is 8.05. The lowest BCUT2D eigenvalue weighted by Gasteiger charge is -2.49. The Balaban J connectivity index is 1.65. The van der Waals surface area contributed by atoms with Gasteiger partial charge < -0.3 is 15.2 Å². The fraction of sp³-hybridized carbons (Fsp3) is 0.353. The SMILES string of the molecule is COCC1=C(C(=O)O)N2C(=O)C(NC(=O)CS(=O)c3ccccc3)[C@H]2SC1. The van der Waals surface area contributed by atoms with Crippen LogP contribution in [0.4, 0.5) is 0 Å². The van der Waals surface area contributed by atoms with Crippen LogP contribution >= 0.6 is 11.8 Å². The molecule has 2 amide bonds. The molecule has 0 bridgehead atoms. The molecule has 27 heavy (non-hydrogen) atoms. The summed E-state index contributed by atoms with van der Waals surface area (Å²) in [5.41, 5.74) is 0.443. The minimum Gasteiger partial charge on any atom is -0.477 e. The Morgan fingerprint density at radius 2 is 2.07 bits per heavy atom. The van der Waals surface area contributed by atoms with Crippen molar-refractivity contribution >= 4 is 40.3 Å².